The van der Waals surface area contributed by atoms with E-state index in [1.54, 1.807) is 31.2 Å². The molecule has 0 bridgehead atoms. The molecule has 6 nitrogen and oxygen atoms in total. The van der Waals surface area contributed by atoms with Crippen molar-refractivity contribution in [2.45, 2.75) is 32.2 Å². The number of carbonyl (C=O) groups excluding carboxylic acids is 2. The molecule has 0 aliphatic rings. The molecule has 2 aromatic carbocycles. The average Bonchev–Trinajstić information content (AvgIpc) is 2.66. The lowest BCUT2D eigenvalue weighted by Crippen LogP contribution is -2.53. The van der Waals surface area contributed by atoms with Crippen LogP contribution in [-0.4, -0.2) is 47.8 Å². The van der Waals surface area contributed by atoms with E-state index < -0.39 is 17.3 Å². The largest absolute Gasteiger partial charge is 0.481 e. The van der Waals surface area contributed by atoms with Gasteiger partial charge in [0.15, 0.2) is 5.78 Å². The fourth-order valence-corrected chi connectivity index (χ4v) is 2.96. The molecule has 0 spiro atoms. The van der Waals surface area contributed by atoms with E-state index in [1.807, 2.05) is 56.3 Å². The maximum Gasteiger partial charge on any atom is 0.300 e. The van der Waals surface area contributed by atoms with Crippen molar-refractivity contribution in [3.8, 4) is 0 Å². The topological polar surface area (TPSA) is 101 Å². The molecule has 0 heterocycles. The summed E-state index contributed by atoms with van der Waals surface area (Å²) in [5.41, 5.74) is 6.56. The van der Waals surface area contributed by atoms with Crippen molar-refractivity contribution in [2.24, 2.45) is 5.73 Å². The number of amides is 1. The number of carboxylic acids is 1. The number of benzene rings is 2. The van der Waals surface area contributed by atoms with E-state index in [1.165, 1.54) is 0 Å². The number of ketones is 1. The van der Waals surface area contributed by atoms with Gasteiger partial charge in [0.05, 0.1) is 5.41 Å². The highest BCUT2D eigenvalue weighted by molar-refractivity contribution is 6.11. The zero-order valence-electron chi connectivity index (χ0n) is 17.0. The molecule has 0 aliphatic carbocycles. The van der Waals surface area contributed by atoms with Gasteiger partial charge < -0.3 is 15.7 Å². The first kappa shape index (κ1) is 23.0. The van der Waals surface area contributed by atoms with Crippen LogP contribution in [0.25, 0.3) is 0 Å². The molecule has 3 N–H and O–H groups in total. The molecule has 2 rings (SSSR count). The van der Waals surface area contributed by atoms with E-state index in [0.717, 1.165) is 6.92 Å². The Morgan fingerprint density at radius 1 is 1.00 bits per heavy atom. The molecule has 28 heavy (non-hydrogen) atoms. The third kappa shape index (κ3) is 5.27. The molecule has 6 heteroatoms. The predicted octanol–water partition coefficient (Wildman–Crippen LogP) is 2.70. The predicted molar refractivity (Wildman–Crippen MR) is 109 cm³/mol. The number of primary amides is 1. The highest BCUT2D eigenvalue weighted by Crippen LogP contribution is 2.33. The fraction of sp³-hybridized carbons (Fsp3) is 0.318. The Morgan fingerprint density at radius 2 is 1.46 bits per heavy atom. The molecule has 150 valence electrons. The Balaban J connectivity index is 0.000000892. The SMILES string of the molecule is CC(=O)O.CC(N(C)C)C(C)(C(N)=O)c1ccccc1C(=O)c1ccccc1. The van der Waals surface area contributed by atoms with Gasteiger partial charge in [0.25, 0.3) is 5.97 Å². The van der Waals surface area contributed by atoms with E-state index in [-0.39, 0.29) is 11.8 Å². The van der Waals surface area contributed by atoms with Gasteiger partial charge in [-0.1, -0.05) is 54.6 Å². The zero-order valence-corrected chi connectivity index (χ0v) is 17.0. The van der Waals surface area contributed by atoms with Gasteiger partial charge in [-0.05, 0) is 33.5 Å². The van der Waals surface area contributed by atoms with E-state index in [0.29, 0.717) is 16.7 Å². The molecule has 1 amide bonds. The minimum atomic E-state index is -0.982. The molecule has 0 saturated carbocycles. The minimum absolute atomic E-state index is 0.107. The molecule has 0 saturated heterocycles. The molecule has 2 unspecified atom stereocenters. The second-order valence-corrected chi connectivity index (χ2v) is 6.97. The monoisotopic (exact) mass is 384 g/mol. The van der Waals surface area contributed by atoms with Gasteiger partial charge in [-0.2, -0.15) is 0 Å². The van der Waals surface area contributed by atoms with Crippen LogP contribution in [0.2, 0.25) is 0 Å². The summed E-state index contributed by atoms with van der Waals surface area (Å²) in [6.07, 6.45) is 0. The van der Waals surface area contributed by atoms with Crippen LogP contribution in [-0.2, 0) is 15.0 Å². The van der Waals surface area contributed by atoms with Crippen molar-refractivity contribution >= 4 is 17.7 Å². The van der Waals surface area contributed by atoms with Crippen molar-refractivity contribution in [1.82, 2.24) is 4.90 Å². The molecule has 2 atom stereocenters. The third-order valence-corrected chi connectivity index (χ3v) is 4.89. The van der Waals surface area contributed by atoms with Gasteiger partial charge in [0, 0.05) is 24.1 Å². The molecule has 0 aromatic heterocycles. The first-order valence-corrected chi connectivity index (χ1v) is 8.88. The van der Waals surface area contributed by atoms with E-state index in [9.17, 15) is 9.59 Å². The van der Waals surface area contributed by atoms with Crippen molar-refractivity contribution in [3.63, 3.8) is 0 Å². The zero-order chi connectivity index (χ0) is 21.5. The van der Waals surface area contributed by atoms with Crippen LogP contribution >= 0.6 is 0 Å². The van der Waals surface area contributed by atoms with Crippen molar-refractivity contribution in [1.29, 1.82) is 0 Å². The summed E-state index contributed by atoms with van der Waals surface area (Å²) >= 11 is 0. The van der Waals surface area contributed by atoms with Crippen molar-refractivity contribution in [2.75, 3.05) is 14.1 Å². The smallest absolute Gasteiger partial charge is 0.300 e. The average molecular weight is 384 g/mol. The molecular formula is C22H28N2O4. The summed E-state index contributed by atoms with van der Waals surface area (Å²) in [5.74, 6) is -1.39. The summed E-state index contributed by atoms with van der Waals surface area (Å²) in [6, 6.07) is 16.1. The Morgan fingerprint density at radius 3 is 1.93 bits per heavy atom. The number of rotatable bonds is 6. The molecule has 2 aromatic rings. The van der Waals surface area contributed by atoms with E-state index in [2.05, 4.69) is 0 Å². The Bertz CT molecular complexity index is 829. The number of aliphatic carboxylic acids is 1. The lowest BCUT2D eigenvalue weighted by Gasteiger charge is -2.38. The number of likely N-dealkylation sites (N-methyl/N-ethyl adjacent to an activating group) is 1. The summed E-state index contributed by atoms with van der Waals surface area (Å²) < 4.78 is 0. The molecule has 0 radical (unpaired) electrons. The van der Waals surface area contributed by atoms with Gasteiger partial charge in [-0.15, -0.1) is 0 Å². The summed E-state index contributed by atoms with van der Waals surface area (Å²) in [5, 5.41) is 7.42. The first-order chi connectivity index (χ1) is 13.0. The normalized spacial score (nSPS) is 13.6. The van der Waals surface area contributed by atoms with Crippen LogP contribution in [0.3, 0.4) is 0 Å². The highest BCUT2D eigenvalue weighted by Gasteiger charge is 2.42. The Labute approximate surface area is 166 Å². The lowest BCUT2D eigenvalue weighted by molar-refractivity contribution is -0.134. The number of hydrogen-bond acceptors (Lipinski definition) is 4. The maximum absolute atomic E-state index is 13.0. The van der Waals surface area contributed by atoms with Crippen LogP contribution in [0, 0.1) is 0 Å². The second kappa shape index (κ2) is 9.80. The van der Waals surface area contributed by atoms with Crippen molar-refractivity contribution < 1.29 is 19.5 Å². The van der Waals surface area contributed by atoms with Gasteiger partial charge in [0.1, 0.15) is 0 Å². The first-order valence-electron chi connectivity index (χ1n) is 8.88. The summed E-state index contributed by atoms with van der Waals surface area (Å²) in [4.78, 5) is 36.3. The summed E-state index contributed by atoms with van der Waals surface area (Å²) in [7, 11) is 3.79. The third-order valence-electron chi connectivity index (χ3n) is 4.89. The van der Waals surface area contributed by atoms with Gasteiger partial charge >= 0.3 is 0 Å². The standard InChI is InChI=1S/C20H24N2O2.C2H4O2/c1-14(22(3)4)20(2,19(21)24)17-13-9-8-12-16(17)18(23)15-10-6-5-7-11-15;1-2(3)4/h5-14H,1-4H3,(H2,21,24);1H3,(H,3,4). The molecular weight excluding hydrogens is 356 g/mol. The highest BCUT2D eigenvalue weighted by atomic mass is 16.4. The lowest BCUT2D eigenvalue weighted by atomic mass is 9.72. The van der Waals surface area contributed by atoms with Crippen LogP contribution in [0.15, 0.2) is 54.6 Å². The quantitative estimate of drug-likeness (QED) is 0.746. The van der Waals surface area contributed by atoms with Gasteiger partial charge in [0.2, 0.25) is 5.91 Å². The van der Waals surface area contributed by atoms with Crippen LogP contribution < -0.4 is 5.73 Å². The molecule has 0 fully saturated rings. The summed E-state index contributed by atoms with van der Waals surface area (Å²) in [6.45, 7) is 4.83. The van der Waals surface area contributed by atoms with E-state index >= 15 is 0 Å². The van der Waals surface area contributed by atoms with Gasteiger partial charge in [-0.25, -0.2) is 0 Å². The van der Waals surface area contributed by atoms with Crippen LogP contribution in [0.1, 0.15) is 42.3 Å². The number of nitrogens with zero attached hydrogens (tertiary/aromatic N) is 1. The van der Waals surface area contributed by atoms with E-state index in [4.69, 9.17) is 15.6 Å². The number of hydrogen-bond donors (Lipinski definition) is 2. The minimum Gasteiger partial charge on any atom is -0.481 e. The van der Waals surface area contributed by atoms with Crippen molar-refractivity contribution in [3.05, 3.63) is 71.3 Å². The Kier molecular flexibility index (Phi) is 8.07. The van der Waals surface area contributed by atoms with Gasteiger partial charge in [-0.3, -0.25) is 14.4 Å². The van der Waals surface area contributed by atoms with Crippen LogP contribution in [0.4, 0.5) is 0 Å². The van der Waals surface area contributed by atoms with Crippen LogP contribution in [0.5, 0.6) is 0 Å². The second-order valence-electron chi connectivity index (χ2n) is 6.97. The molecule has 0 aliphatic heterocycles. The maximum atomic E-state index is 13.0. The Hall–Kier alpha value is -2.99. The fourth-order valence-electron chi connectivity index (χ4n) is 2.96. The number of nitrogens with two attached hydrogens (primary N) is 1. The number of carbonyl (C=O) groups is 3. The number of carboxylic acid groups (broad SMARTS) is 1.